The fraction of sp³-hybridized carbons (Fsp3) is 0.200. The highest BCUT2D eigenvalue weighted by Crippen LogP contribution is 2.32. The highest BCUT2D eigenvalue weighted by atomic mass is 19.4. The van der Waals surface area contributed by atoms with Gasteiger partial charge in [-0.3, -0.25) is 10.8 Å². The van der Waals surface area contributed by atoms with Crippen LogP contribution in [0.15, 0.2) is 60.8 Å². The predicted octanol–water partition coefficient (Wildman–Crippen LogP) is 3.86. The first-order valence-electron chi connectivity index (χ1n) is 9.18. The molecule has 5 N–H and O–H groups in total. The molecule has 3 aromatic rings. The number of nitrogens with zero attached hydrogens (tertiary/aromatic N) is 3. The summed E-state index contributed by atoms with van der Waals surface area (Å²) >= 11 is 0. The van der Waals surface area contributed by atoms with Crippen LogP contribution in [0, 0.1) is 0 Å². The number of aryl methyl sites for hydroxylation is 2. The minimum Gasteiger partial charge on any atom is -0.397 e. The van der Waals surface area contributed by atoms with Crippen molar-refractivity contribution in [3.05, 3.63) is 77.5 Å². The molecule has 32 heavy (non-hydrogen) atoms. The maximum absolute atomic E-state index is 13.1. The van der Waals surface area contributed by atoms with Gasteiger partial charge >= 0.3 is 12.4 Å². The number of hydrazine groups is 1. The number of allylic oxidation sites excluding steroid dienone is 1. The number of imidazole rings is 1. The van der Waals surface area contributed by atoms with Crippen LogP contribution in [0.3, 0.4) is 0 Å². The fourth-order valence-corrected chi connectivity index (χ4v) is 3.07. The van der Waals surface area contributed by atoms with E-state index >= 15 is 0 Å². The van der Waals surface area contributed by atoms with Crippen LogP contribution in [0.25, 0.3) is 17.1 Å². The lowest BCUT2D eigenvalue weighted by atomic mass is 10.0. The van der Waals surface area contributed by atoms with E-state index in [9.17, 15) is 26.3 Å². The maximum atomic E-state index is 13.1. The third-order valence-electron chi connectivity index (χ3n) is 4.63. The van der Waals surface area contributed by atoms with E-state index in [2.05, 4.69) is 9.97 Å². The van der Waals surface area contributed by atoms with Crippen molar-refractivity contribution in [1.82, 2.24) is 20.0 Å². The van der Waals surface area contributed by atoms with Crippen molar-refractivity contribution in [2.45, 2.75) is 25.3 Å². The Balaban J connectivity index is 1.82. The van der Waals surface area contributed by atoms with Gasteiger partial charge < -0.3 is 15.7 Å². The van der Waals surface area contributed by atoms with Gasteiger partial charge in [-0.1, -0.05) is 18.2 Å². The zero-order chi connectivity index (χ0) is 23.5. The Morgan fingerprint density at radius 1 is 1.00 bits per heavy atom. The van der Waals surface area contributed by atoms with E-state index < -0.39 is 29.3 Å². The molecule has 1 aromatic carbocycles. The van der Waals surface area contributed by atoms with E-state index in [-0.39, 0.29) is 29.8 Å². The van der Waals surface area contributed by atoms with Crippen molar-refractivity contribution in [2.75, 3.05) is 0 Å². The van der Waals surface area contributed by atoms with Crippen LogP contribution in [-0.2, 0) is 19.1 Å². The summed E-state index contributed by atoms with van der Waals surface area (Å²) in [6.07, 6.45) is -4.93. The normalized spacial score (nSPS) is 13.1. The first-order valence-corrected chi connectivity index (χ1v) is 9.18. The van der Waals surface area contributed by atoms with E-state index in [1.807, 2.05) is 0 Å². The number of hydrogen-bond acceptors (Lipinski definition) is 5. The minimum atomic E-state index is -4.78. The number of nitrogens with two attached hydrogens (primary N) is 2. The minimum absolute atomic E-state index is 0.0222. The predicted molar refractivity (Wildman–Crippen MR) is 105 cm³/mol. The molecule has 0 fully saturated rings. The molecule has 0 aliphatic heterocycles. The summed E-state index contributed by atoms with van der Waals surface area (Å²) in [4.78, 5) is 8.22. The molecule has 0 radical (unpaired) electrons. The number of benzene rings is 1. The Labute approximate surface area is 178 Å². The number of hydrogen-bond donors (Lipinski definition) is 3. The monoisotopic (exact) mass is 456 g/mol. The van der Waals surface area contributed by atoms with Crippen LogP contribution in [0.4, 0.5) is 26.3 Å². The highest BCUT2D eigenvalue weighted by Gasteiger charge is 2.36. The Hall–Kier alpha value is -3.54. The zero-order valence-electron chi connectivity index (χ0n) is 16.4. The van der Waals surface area contributed by atoms with Crippen molar-refractivity contribution in [2.24, 2.45) is 11.6 Å². The molecule has 12 heteroatoms. The second-order valence-electron chi connectivity index (χ2n) is 6.76. The molecule has 6 nitrogen and oxygen atoms in total. The number of aromatic nitrogens is 3. The molecule has 2 heterocycles. The molecule has 0 unspecified atom stereocenters. The molecule has 0 bridgehead atoms. The van der Waals surface area contributed by atoms with Gasteiger partial charge in [-0.05, 0) is 30.2 Å². The number of alkyl halides is 6. The molecule has 0 saturated carbocycles. The molecule has 0 spiro atoms. The molecule has 0 atom stereocenters. The van der Waals surface area contributed by atoms with Gasteiger partial charge in [-0.15, -0.1) is 0 Å². The topological polar surface area (TPSA) is 94.8 Å². The molecule has 2 aromatic heterocycles. The molecule has 0 aliphatic rings. The second-order valence-corrected chi connectivity index (χ2v) is 6.76. The average molecular weight is 456 g/mol. The SMILES string of the molecule is NN/C(=C(\N)c1ccnc(-c2cn(CCc3ccccc3C(F)(F)F)cn2)c1)C(F)(F)F. The van der Waals surface area contributed by atoms with Gasteiger partial charge in [0.1, 0.15) is 5.69 Å². The molecule has 0 amide bonds. The molecule has 0 aliphatic carbocycles. The van der Waals surface area contributed by atoms with Crippen molar-refractivity contribution in [3.63, 3.8) is 0 Å². The number of halogens is 6. The van der Waals surface area contributed by atoms with Gasteiger partial charge in [0.2, 0.25) is 0 Å². The first kappa shape index (κ1) is 23.1. The van der Waals surface area contributed by atoms with E-state index in [4.69, 9.17) is 11.6 Å². The van der Waals surface area contributed by atoms with Gasteiger partial charge in [0, 0.05) is 24.5 Å². The Bertz CT molecular complexity index is 1120. The zero-order valence-corrected chi connectivity index (χ0v) is 16.4. The first-order chi connectivity index (χ1) is 15.0. The van der Waals surface area contributed by atoms with E-state index in [0.29, 0.717) is 5.69 Å². The van der Waals surface area contributed by atoms with Gasteiger partial charge in [-0.25, -0.2) is 4.98 Å². The summed E-state index contributed by atoms with van der Waals surface area (Å²) < 4.78 is 80.1. The third kappa shape index (κ3) is 5.19. The lowest BCUT2D eigenvalue weighted by Crippen LogP contribution is -2.34. The maximum Gasteiger partial charge on any atom is 0.434 e. The lowest BCUT2D eigenvalue weighted by molar-refractivity contribution is -0.138. The number of pyridine rings is 1. The average Bonchev–Trinajstić information content (AvgIpc) is 3.20. The van der Waals surface area contributed by atoms with Crippen molar-refractivity contribution >= 4 is 5.70 Å². The Morgan fingerprint density at radius 2 is 1.72 bits per heavy atom. The standard InChI is InChI=1S/C20H18F6N6/c21-19(22,23)14-4-2-1-3-12(14)6-8-32-10-16(30-11-32)15-9-13(5-7-29-15)17(27)18(31-28)20(24,25)26/h1-5,7,9-11,31H,6,8,27-28H2/b18-17-. The largest absolute Gasteiger partial charge is 0.434 e. The van der Waals surface area contributed by atoms with Crippen LogP contribution < -0.4 is 17.0 Å². The van der Waals surface area contributed by atoms with Gasteiger partial charge in [0.05, 0.1) is 23.3 Å². The smallest absolute Gasteiger partial charge is 0.397 e. The van der Waals surface area contributed by atoms with Crippen LogP contribution in [-0.4, -0.2) is 20.7 Å². The second kappa shape index (κ2) is 8.91. The molecule has 3 rings (SSSR count). The van der Waals surface area contributed by atoms with Gasteiger partial charge in [0.15, 0.2) is 5.70 Å². The van der Waals surface area contributed by atoms with Crippen LogP contribution >= 0.6 is 0 Å². The van der Waals surface area contributed by atoms with Gasteiger partial charge in [-0.2, -0.15) is 26.3 Å². The van der Waals surface area contributed by atoms with Crippen molar-refractivity contribution < 1.29 is 26.3 Å². The fourth-order valence-electron chi connectivity index (χ4n) is 3.07. The summed E-state index contributed by atoms with van der Waals surface area (Å²) in [5, 5.41) is 0. The molecule has 170 valence electrons. The summed E-state index contributed by atoms with van der Waals surface area (Å²) in [7, 11) is 0. The van der Waals surface area contributed by atoms with Crippen molar-refractivity contribution in [1.29, 1.82) is 0 Å². The third-order valence-corrected chi connectivity index (χ3v) is 4.63. The molecular formula is C20H18F6N6. The van der Waals surface area contributed by atoms with Crippen LogP contribution in [0.1, 0.15) is 16.7 Å². The quantitative estimate of drug-likeness (QED) is 0.298. The molecule has 0 saturated heterocycles. The number of rotatable bonds is 6. The Morgan fingerprint density at radius 3 is 2.38 bits per heavy atom. The lowest BCUT2D eigenvalue weighted by Gasteiger charge is -2.14. The summed E-state index contributed by atoms with van der Waals surface area (Å²) in [5.41, 5.74) is 5.27. The van der Waals surface area contributed by atoms with Crippen molar-refractivity contribution in [3.8, 4) is 11.4 Å². The summed E-state index contributed by atoms with van der Waals surface area (Å²) in [5.74, 6) is 4.96. The summed E-state index contributed by atoms with van der Waals surface area (Å²) in [6.45, 7) is 0.205. The van der Waals surface area contributed by atoms with E-state index in [1.54, 1.807) is 9.99 Å². The van der Waals surface area contributed by atoms with E-state index in [0.717, 1.165) is 6.07 Å². The number of nitrogens with one attached hydrogen (secondary N) is 1. The highest BCUT2D eigenvalue weighted by molar-refractivity contribution is 5.69. The van der Waals surface area contributed by atoms with E-state index in [1.165, 1.54) is 49.1 Å². The Kier molecular flexibility index (Phi) is 6.44. The summed E-state index contributed by atoms with van der Waals surface area (Å²) in [6, 6.07) is 7.88. The molecular weight excluding hydrogens is 438 g/mol. The van der Waals surface area contributed by atoms with Crippen LogP contribution in [0.2, 0.25) is 0 Å². The van der Waals surface area contributed by atoms with Crippen LogP contribution in [0.5, 0.6) is 0 Å². The van der Waals surface area contributed by atoms with Gasteiger partial charge in [0.25, 0.3) is 0 Å².